The Bertz CT molecular complexity index is 414. The second kappa shape index (κ2) is 4.61. The van der Waals surface area contributed by atoms with Crippen LogP contribution in [-0.4, -0.2) is 12.6 Å². The molecule has 0 N–H and O–H groups in total. The molecule has 0 bridgehead atoms. The summed E-state index contributed by atoms with van der Waals surface area (Å²) in [5.41, 5.74) is 4.03. The quantitative estimate of drug-likeness (QED) is 0.647. The highest BCUT2D eigenvalue weighted by Crippen LogP contribution is 2.28. The van der Waals surface area contributed by atoms with Gasteiger partial charge in [-0.1, -0.05) is 18.1 Å². The van der Waals surface area contributed by atoms with Crippen LogP contribution in [0.3, 0.4) is 0 Å². The van der Waals surface area contributed by atoms with Gasteiger partial charge in [0, 0.05) is 12.2 Å². The van der Waals surface area contributed by atoms with Crippen molar-refractivity contribution >= 4 is 5.69 Å². The molecule has 1 aromatic carbocycles. The van der Waals surface area contributed by atoms with Gasteiger partial charge >= 0.3 is 0 Å². The van der Waals surface area contributed by atoms with Crippen LogP contribution in [0.5, 0.6) is 0 Å². The zero-order chi connectivity index (χ0) is 11.5. The van der Waals surface area contributed by atoms with Crippen LogP contribution >= 0.6 is 0 Å². The predicted octanol–water partition coefficient (Wildman–Crippen LogP) is 3.30. The molecule has 0 aliphatic carbocycles. The van der Waals surface area contributed by atoms with Gasteiger partial charge in [-0.3, -0.25) is 0 Å². The minimum absolute atomic E-state index is 0.286. The minimum atomic E-state index is 0.286. The van der Waals surface area contributed by atoms with Gasteiger partial charge in [-0.2, -0.15) is 0 Å². The van der Waals surface area contributed by atoms with Crippen molar-refractivity contribution in [2.24, 2.45) is 0 Å². The van der Waals surface area contributed by atoms with Crippen molar-refractivity contribution in [2.75, 3.05) is 11.4 Å². The molecule has 16 heavy (non-hydrogen) atoms. The lowest BCUT2D eigenvalue weighted by Crippen LogP contribution is -2.39. The molecular weight excluding hydrogens is 194 g/mol. The maximum absolute atomic E-state index is 5.63. The fourth-order valence-electron chi connectivity index (χ4n) is 2.44. The Morgan fingerprint density at radius 3 is 2.88 bits per heavy atom. The highest BCUT2D eigenvalue weighted by Gasteiger charge is 2.21. The van der Waals surface area contributed by atoms with Gasteiger partial charge in [-0.15, -0.1) is 6.42 Å². The Morgan fingerprint density at radius 1 is 1.31 bits per heavy atom. The van der Waals surface area contributed by atoms with Gasteiger partial charge in [0.15, 0.2) is 0 Å². The Morgan fingerprint density at radius 2 is 2.12 bits per heavy atom. The van der Waals surface area contributed by atoms with Crippen molar-refractivity contribution in [3.8, 4) is 12.3 Å². The van der Waals surface area contributed by atoms with Gasteiger partial charge in [0.1, 0.15) is 0 Å². The average molecular weight is 213 g/mol. The predicted molar refractivity (Wildman–Crippen MR) is 69.7 cm³/mol. The van der Waals surface area contributed by atoms with Crippen LogP contribution in [0.1, 0.15) is 30.4 Å². The number of rotatable bonds is 1. The number of terminal acetylenes is 1. The molecule has 1 heteroatoms. The van der Waals surface area contributed by atoms with E-state index in [9.17, 15) is 0 Å². The third kappa shape index (κ3) is 1.93. The zero-order valence-corrected chi connectivity index (χ0v) is 10.2. The average Bonchev–Trinajstić information content (AvgIpc) is 2.33. The van der Waals surface area contributed by atoms with E-state index in [4.69, 9.17) is 6.42 Å². The molecular formula is C15H19N. The van der Waals surface area contributed by atoms with Crippen LogP contribution in [0.25, 0.3) is 0 Å². The zero-order valence-electron chi connectivity index (χ0n) is 10.2. The van der Waals surface area contributed by atoms with Crippen molar-refractivity contribution in [3.05, 3.63) is 29.3 Å². The van der Waals surface area contributed by atoms with E-state index in [-0.39, 0.29) is 6.04 Å². The number of piperidine rings is 1. The highest BCUT2D eigenvalue weighted by atomic mass is 15.2. The molecule has 2 rings (SSSR count). The van der Waals surface area contributed by atoms with Gasteiger partial charge in [-0.05, 0) is 50.3 Å². The number of hydrogen-bond donors (Lipinski definition) is 0. The second-order valence-electron chi connectivity index (χ2n) is 4.59. The molecule has 0 aromatic heterocycles. The molecule has 1 aromatic rings. The fourth-order valence-corrected chi connectivity index (χ4v) is 2.44. The van der Waals surface area contributed by atoms with Crippen molar-refractivity contribution in [1.29, 1.82) is 0 Å². The lowest BCUT2D eigenvalue weighted by Gasteiger charge is -2.35. The fraction of sp³-hybridized carbons (Fsp3) is 0.467. The van der Waals surface area contributed by atoms with Crippen LogP contribution in [0, 0.1) is 26.2 Å². The van der Waals surface area contributed by atoms with Crippen molar-refractivity contribution < 1.29 is 0 Å². The summed E-state index contributed by atoms with van der Waals surface area (Å²) in [6, 6.07) is 6.76. The Hall–Kier alpha value is -1.42. The van der Waals surface area contributed by atoms with Crippen LogP contribution < -0.4 is 4.90 Å². The Labute approximate surface area is 98.5 Å². The van der Waals surface area contributed by atoms with Crippen molar-refractivity contribution in [2.45, 2.75) is 39.2 Å². The maximum Gasteiger partial charge on any atom is 0.0901 e. The monoisotopic (exact) mass is 213 g/mol. The van der Waals surface area contributed by atoms with E-state index in [0.717, 1.165) is 13.0 Å². The summed E-state index contributed by atoms with van der Waals surface area (Å²) in [5.74, 6) is 2.93. The van der Waals surface area contributed by atoms with E-state index in [1.54, 1.807) is 0 Å². The van der Waals surface area contributed by atoms with E-state index in [1.807, 2.05) is 0 Å². The second-order valence-corrected chi connectivity index (χ2v) is 4.59. The molecule has 84 valence electrons. The van der Waals surface area contributed by atoms with Crippen molar-refractivity contribution in [3.63, 3.8) is 0 Å². The molecule has 1 aliphatic rings. The standard InChI is InChI=1S/C15H19N/c1-4-14-9-5-6-11-16(14)15-10-7-8-12(2)13(15)3/h1,7-8,10,14H,5-6,9,11H2,2-3H3. The van der Waals surface area contributed by atoms with Gasteiger partial charge in [-0.25, -0.2) is 0 Å². The van der Waals surface area contributed by atoms with E-state index in [1.165, 1.54) is 29.7 Å². The van der Waals surface area contributed by atoms with Gasteiger partial charge in [0.2, 0.25) is 0 Å². The SMILES string of the molecule is C#CC1CCCCN1c1cccc(C)c1C. The third-order valence-electron chi connectivity index (χ3n) is 3.58. The number of nitrogens with zero attached hydrogens (tertiary/aromatic N) is 1. The topological polar surface area (TPSA) is 3.24 Å². The summed E-state index contributed by atoms with van der Waals surface area (Å²) >= 11 is 0. The molecule has 1 unspecified atom stereocenters. The first-order valence-corrected chi connectivity index (χ1v) is 6.03. The molecule has 1 atom stereocenters. The van der Waals surface area contributed by atoms with E-state index >= 15 is 0 Å². The molecule has 1 heterocycles. The molecule has 1 aliphatic heterocycles. The van der Waals surface area contributed by atoms with Crippen LogP contribution in [-0.2, 0) is 0 Å². The van der Waals surface area contributed by atoms with Crippen LogP contribution in [0.4, 0.5) is 5.69 Å². The molecule has 1 nitrogen and oxygen atoms in total. The Balaban J connectivity index is 2.35. The summed E-state index contributed by atoms with van der Waals surface area (Å²) in [4.78, 5) is 2.39. The van der Waals surface area contributed by atoms with E-state index in [0.29, 0.717) is 0 Å². The molecule has 0 spiro atoms. The normalized spacial score (nSPS) is 20.6. The summed E-state index contributed by atoms with van der Waals surface area (Å²) in [7, 11) is 0. The maximum atomic E-state index is 5.63. The number of anilines is 1. The molecule has 0 radical (unpaired) electrons. The first kappa shape index (κ1) is 11.1. The molecule has 1 saturated heterocycles. The number of aryl methyl sites for hydroxylation is 1. The van der Waals surface area contributed by atoms with Gasteiger partial charge < -0.3 is 4.90 Å². The lowest BCUT2D eigenvalue weighted by molar-refractivity contribution is 0.523. The van der Waals surface area contributed by atoms with E-state index in [2.05, 4.69) is 42.9 Å². The summed E-state index contributed by atoms with van der Waals surface area (Å²) < 4.78 is 0. The number of hydrogen-bond acceptors (Lipinski definition) is 1. The summed E-state index contributed by atoms with van der Waals surface area (Å²) in [6.45, 7) is 5.44. The van der Waals surface area contributed by atoms with Crippen LogP contribution in [0.2, 0.25) is 0 Å². The van der Waals surface area contributed by atoms with Gasteiger partial charge in [0.05, 0.1) is 6.04 Å². The number of benzene rings is 1. The first-order valence-electron chi connectivity index (χ1n) is 6.03. The van der Waals surface area contributed by atoms with Gasteiger partial charge in [0.25, 0.3) is 0 Å². The lowest BCUT2D eigenvalue weighted by atomic mass is 9.99. The highest BCUT2D eigenvalue weighted by molar-refractivity contribution is 5.58. The largest absolute Gasteiger partial charge is 0.357 e. The molecule has 1 fully saturated rings. The summed E-state index contributed by atoms with van der Waals surface area (Å²) in [5, 5.41) is 0. The molecule has 0 saturated carbocycles. The minimum Gasteiger partial charge on any atom is -0.357 e. The smallest absolute Gasteiger partial charge is 0.0901 e. The van der Waals surface area contributed by atoms with Crippen molar-refractivity contribution in [1.82, 2.24) is 0 Å². The molecule has 0 amide bonds. The third-order valence-corrected chi connectivity index (χ3v) is 3.58. The van der Waals surface area contributed by atoms with E-state index < -0.39 is 0 Å². The summed E-state index contributed by atoms with van der Waals surface area (Å²) in [6.07, 6.45) is 9.27. The Kier molecular flexibility index (Phi) is 3.19. The first-order chi connectivity index (χ1) is 7.74. The van der Waals surface area contributed by atoms with Crippen LogP contribution in [0.15, 0.2) is 18.2 Å².